The summed E-state index contributed by atoms with van der Waals surface area (Å²) in [6.07, 6.45) is 4.08. The molecule has 0 saturated carbocycles. The fraction of sp³-hybridized carbons (Fsp3) is 1.00. The molecule has 0 fully saturated rings. The summed E-state index contributed by atoms with van der Waals surface area (Å²) < 4.78 is 0. The Balaban J connectivity index is -0.0000000457. The van der Waals surface area contributed by atoms with Gasteiger partial charge in [-0.15, -0.1) is 0 Å². The Morgan fingerprint density at radius 1 is 1.00 bits per heavy atom. The van der Waals surface area contributed by atoms with E-state index >= 15 is 0 Å². The average Bonchev–Trinajstić information content (AvgIpc) is 1.91. The van der Waals surface area contributed by atoms with Crippen LogP contribution in [-0.4, -0.2) is 16.3 Å². The molecule has 0 amide bonds. The van der Waals surface area contributed by atoms with Crippen LogP contribution in [0.5, 0.6) is 0 Å². The van der Waals surface area contributed by atoms with Crippen LogP contribution in [0.4, 0.5) is 0 Å². The number of hydrogen-bond acceptors (Lipinski definition) is 0. The second-order valence-corrected chi connectivity index (χ2v) is 3.45. The van der Waals surface area contributed by atoms with Crippen molar-refractivity contribution in [3.05, 3.63) is 0 Å². The molecule has 3 heteroatoms. The van der Waals surface area contributed by atoms with Gasteiger partial charge in [0.2, 0.25) is 0 Å². The SMILES string of the molecule is CC(C)[CH2][Al+2].CCCCC.[Cl-].[Cl-]. The Hall–Kier alpha value is 1.11. The van der Waals surface area contributed by atoms with Crippen LogP contribution < -0.4 is 24.8 Å². The van der Waals surface area contributed by atoms with Crippen molar-refractivity contribution in [3.8, 4) is 0 Å². The van der Waals surface area contributed by atoms with E-state index in [4.69, 9.17) is 0 Å². The Morgan fingerprint density at radius 2 is 1.25 bits per heavy atom. The van der Waals surface area contributed by atoms with Crippen molar-refractivity contribution in [3.63, 3.8) is 0 Å². The van der Waals surface area contributed by atoms with Crippen LogP contribution in [0.3, 0.4) is 0 Å². The number of rotatable bonds is 3. The zero-order valence-electron chi connectivity index (χ0n) is 8.74. The predicted octanol–water partition coefficient (Wildman–Crippen LogP) is -2.57. The number of unbranched alkanes of at least 4 members (excludes halogenated alkanes) is 2. The van der Waals surface area contributed by atoms with E-state index in [0.717, 1.165) is 5.92 Å². The minimum atomic E-state index is 0. The number of halogens is 2. The van der Waals surface area contributed by atoms with Gasteiger partial charge in [0.1, 0.15) is 0 Å². The molecular formula is C9H21AlCl2. The molecule has 0 aliphatic carbocycles. The van der Waals surface area contributed by atoms with E-state index in [-0.39, 0.29) is 24.8 Å². The van der Waals surface area contributed by atoms with E-state index in [9.17, 15) is 0 Å². The van der Waals surface area contributed by atoms with Gasteiger partial charge in [-0.1, -0.05) is 33.1 Å². The molecule has 0 unspecified atom stereocenters. The molecule has 0 bridgehead atoms. The molecule has 0 spiro atoms. The monoisotopic (exact) mass is 226 g/mol. The van der Waals surface area contributed by atoms with Crippen molar-refractivity contribution < 1.29 is 24.8 Å². The summed E-state index contributed by atoms with van der Waals surface area (Å²) in [7, 11) is 0. The molecule has 0 nitrogen and oxygen atoms in total. The van der Waals surface area contributed by atoms with E-state index in [1.54, 1.807) is 0 Å². The first-order valence-electron chi connectivity index (χ1n) is 4.39. The summed E-state index contributed by atoms with van der Waals surface area (Å²) >= 11 is 2.69. The zero-order valence-corrected chi connectivity index (χ0v) is 11.4. The molecule has 0 radical (unpaired) electrons. The van der Waals surface area contributed by atoms with E-state index in [0.29, 0.717) is 0 Å². The van der Waals surface area contributed by atoms with Crippen molar-refractivity contribution >= 4 is 16.3 Å². The summed E-state index contributed by atoms with van der Waals surface area (Å²) in [5.41, 5.74) is 0. The Kier molecular flexibility index (Phi) is 43.9. The molecule has 0 heterocycles. The summed E-state index contributed by atoms with van der Waals surface area (Å²) in [5, 5.41) is 1.22. The van der Waals surface area contributed by atoms with Gasteiger partial charge < -0.3 is 24.8 Å². The van der Waals surface area contributed by atoms with E-state index in [1.807, 2.05) is 0 Å². The second kappa shape index (κ2) is 22.7. The van der Waals surface area contributed by atoms with Gasteiger partial charge >= 0.3 is 41.3 Å². The van der Waals surface area contributed by atoms with Gasteiger partial charge in [-0.25, -0.2) is 0 Å². The first-order valence-corrected chi connectivity index (χ1v) is 5.20. The van der Waals surface area contributed by atoms with Gasteiger partial charge in [-0.05, 0) is 0 Å². The smallest absolute Gasteiger partial charge is 0.0538 e. The van der Waals surface area contributed by atoms with Gasteiger partial charge in [-0.2, -0.15) is 0 Å². The Labute approximate surface area is 99.1 Å². The molecule has 0 aromatic heterocycles. The van der Waals surface area contributed by atoms with Crippen LogP contribution in [0.2, 0.25) is 5.28 Å². The van der Waals surface area contributed by atoms with Crippen LogP contribution in [0, 0.1) is 5.92 Å². The van der Waals surface area contributed by atoms with Crippen molar-refractivity contribution in [2.75, 3.05) is 0 Å². The molecule has 0 rings (SSSR count). The van der Waals surface area contributed by atoms with Gasteiger partial charge in [-0.3, -0.25) is 0 Å². The van der Waals surface area contributed by atoms with Gasteiger partial charge in [0.25, 0.3) is 0 Å². The summed E-state index contributed by atoms with van der Waals surface area (Å²) in [6.45, 7) is 8.83. The van der Waals surface area contributed by atoms with Crippen LogP contribution in [0.15, 0.2) is 0 Å². The molecule has 0 aromatic carbocycles. The molecule has 0 saturated heterocycles. The zero-order chi connectivity index (χ0) is 8.41. The minimum absolute atomic E-state index is 0. The summed E-state index contributed by atoms with van der Waals surface area (Å²) in [6, 6.07) is 0. The maximum Gasteiger partial charge on any atom is -0.0538 e. The molecule has 0 aliphatic rings. The van der Waals surface area contributed by atoms with Crippen molar-refractivity contribution in [1.29, 1.82) is 0 Å². The summed E-state index contributed by atoms with van der Waals surface area (Å²) in [4.78, 5) is 0. The van der Waals surface area contributed by atoms with E-state index < -0.39 is 0 Å². The molecule has 0 aromatic rings. The van der Waals surface area contributed by atoms with E-state index in [1.165, 1.54) is 24.5 Å². The second-order valence-electron chi connectivity index (χ2n) is 2.98. The molecular weight excluding hydrogens is 206 g/mol. The van der Waals surface area contributed by atoms with E-state index in [2.05, 4.69) is 44.0 Å². The number of hydrogen-bond donors (Lipinski definition) is 0. The molecule has 0 aliphatic heterocycles. The Morgan fingerprint density at radius 3 is 1.25 bits per heavy atom. The maximum atomic E-state index is 2.69. The normalized spacial score (nSPS) is 7.58. The van der Waals surface area contributed by atoms with Crippen LogP contribution in [0.1, 0.15) is 47.0 Å². The van der Waals surface area contributed by atoms with Gasteiger partial charge in [0, 0.05) is 0 Å². The van der Waals surface area contributed by atoms with Crippen LogP contribution in [-0.2, 0) is 0 Å². The maximum absolute atomic E-state index is 2.69. The Bertz CT molecular complexity index is 47.8. The average molecular weight is 227 g/mol. The molecule has 74 valence electrons. The predicted molar refractivity (Wildman–Crippen MR) is 50.6 cm³/mol. The molecule has 0 N–H and O–H groups in total. The van der Waals surface area contributed by atoms with Gasteiger partial charge in [0.05, 0.1) is 0 Å². The first kappa shape index (κ1) is 23.2. The van der Waals surface area contributed by atoms with Crippen molar-refractivity contribution in [2.24, 2.45) is 5.92 Å². The fourth-order valence-electron chi connectivity index (χ4n) is 0.354. The first-order chi connectivity index (χ1) is 4.68. The van der Waals surface area contributed by atoms with Crippen molar-refractivity contribution in [2.45, 2.75) is 52.2 Å². The van der Waals surface area contributed by atoms with Gasteiger partial charge in [0.15, 0.2) is 0 Å². The van der Waals surface area contributed by atoms with Crippen LogP contribution in [0.25, 0.3) is 0 Å². The summed E-state index contributed by atoms with van der Waals surface area (Å²) in [5.74, 6) is 0.847. The van der Waals surface area contributed by atoms with Crippen molar-refractivity contribution in [1.82, 2.24) is 0 Å². The fourth-order valence-corrected chi connectivity index (χ4v) is 0.354. The van der Waals surface area contributed by atoms with Crippen LogP contribution >= 0.6 is 0 Å². The third kappa shape index (κ3) is 43.5. The topological polar surface area (TPSA) is 0 Å². The minimum Gasteiger partial charge on any atom is -1.00 e. The quantitative estimate of drug-likeness (QED) is 0.465. The molecule has 12 heavy (non-hydrogen) atoms. The largest absolute Gasteiger partial charge is 1.00 e. The third-order valence-corrected chi connectivity index (χ3v) is 2.12. The third-order valence-electron chi connectivity index (χ3n) is 1.18. The standard InChI is InChI=1S/C5H12.C4H9.Al.2ClH/c1-3-5-4-2;1-4(2)3;;;/h3-5H2,1-2H3;4H,1H2,2-3H3;;2*1H/q;;+2;;/p-2. The molecule has 0 atom stereocenters.